The smallest absolute Gasteiger partial charge is 0.336 e. The first-order valence-electron chi connectivity index (χ1n) is 5.53. The first-order chi connectivity index (χ1) is 9.90. The number of carboxylic acid groups (broad SMARTS) is 1. The number of nitro groups is 1. The molecule has 0 bridgehead atoms. The molecule has 2 aromatic rings. The van der Waals surface area contributed by atoms with E-state index in [0.29, 0.717) is 4.90 Å². The average Bonchev–Trinajstić information content (AvgIpc) is 2.42. The third-order valence-electron chi connectivity index (χ3n) is 2.54. The summed E-state index contributed by atoms with van der Waals surface area (Å²) in [4.78, 5) is 21.9. The minimum atomic E-state index is -1.15. The summed E-state index contributed by atoms with van der Waals surface area (Å²) in [5.74, 6) is -1.73. The molecular weight excluding hydrogens is 412 g/mol. The van der Waals surface area contributed by atoms with Crippen molar-refractivity contribution >= 4 is 46.0 Å². The van der Waals surface area contributed by atoms with Crippen LogP contribution in [0.5, 0.6) is 0 Å². The number of aromatic carboxylic acids is 1. The Balaban J connectivity index is 2.52. The largest absolute Gasteiger partial charge is 0.478 e. The molecule has 2 rings (SSSR count). The van der Waals surface area contributed by atoms with Crippen LogP contribution in [-0.2, 0) is 0 Å². The van der Waals surface area contributed by atoms with E-state index in [-0.39, 0.29) is 19.7 Å². The molecule has 0 amide bonds. The van der Waals surface area contributed by atoms with Crippen LogP contribution in [0.25, 0.3) is 0 Å². The number of carbonyl (C=O) groups is 1. The van der Waals surface area contributed by atoms with Crippen LogP contribution in [0.15, 0.2) is 46.2 Å². The van der Waals surface area contributed by atoms with E-state index >= 15 is 0 Å². The molecule has 1 N–H and O–H groups in total. The highest BCUT2D eigenvalue weighted by Gasteiger charge is 2.20. The minimum absolute atomic E-state index is 0.00996. The maximum Gasteiger partial charge on any atom is 0.336 e. The second-order valence-corrected chi connectivity index (χ2v) is 6.14. The number of nitrogens with zero attached hydrogens (tertiary/aromatic N) is 1. The van der Waals surface area contributed by atoms with E-state index in [1.54, 1.807) is 34.7 Å². The van der Waals surface area contributed by atoms with Gasteiger partial charge in [-0.2, -0.15) is 0 Å². The molecule has 0 spiro atoms. The lowest BCUT2D eigenvalue weighted by atomic mass is 10.2. The van der Waals surface area contributed by atoms with E-state index in [9.17, 15) is 19.3 Å². The van der Waals surface area contributed by atoms with Crippen molar-refractivity contribution in [3.8, 4) is 0 Å². The summed E-state index contributed by atoms with van der Waals surface area (Å²) < 4.78 is 13.8. The molecule has 8 heteroatoms. The maximum atomic E-state index is 13.6. The van der Waals surface area contributed by atoms with Gasteiger partial charge in [-0.05, 0) is 40.8 Å². The first-order valence-corrected chi connectivity index (χ1v) is 7.43. The van der Waals surface area contributed by atoms with E-state index < -0.39 is 16.7 Å². The van der Waals surface area contributed by atoms with Gasteiger partial charge >= 0.3 is 5.97 Å². The van der Waals surface area contributed by atoms with Crippen LogP contribution in [0.2, 0.25) is 0 Å². The lowest BCUT2D eigenvalue weighted by Gasteiger charge is -2.07. The zero-order valence-corrected chi connectivity index (χ0v) is 13.2. The molecule has 0 atom stereocenters. The predicted molar refractivity (Wildman–Crippen MR) is 83.3 cm³/mol. The number of benzene rings is 2. The van der Waals surface area contributed by atoms with Crippen molar-refractivity contribution < 1.29 is 19.2 Å². The van der Waals surface area contributed by atoms with E-state index in [4.69, 9.17) is 5.11 Å². The molecule has 5 nitrogen and oxygen atoms in total. The van der Waals surface area contributed by atoms with Gasteiger partial charge in [-0.3, -0.25) is 10.1 Å². The molecule has 0 saturated heterocycles. The first kappa shape index (κ1) is 15.7. The van der Waals surface area contributed by atoms with Crippen molar-refractivity contribution in [2.45, 2.75) is 9.79 Å². The van der Waals surface area contributed by atoms with Crippen LogP contribution >= 0.6 is 34.4 Å². The molecule has 2 aromatic carbocycles. The van der Waals surface area contributed by atoms with Gasteiger partial charge in [0, 0.05) is 11.0 Å². The lowest BCUT2D eigenvalue weighted by molar-refractivity contribution is -0.387. The summed E-state index contributed by atoms with van der Waals surface area (Å²) in [7, 11) is 0. The van der Waals surface area contributed by atoms with Crippen LogP contribution in [0.4, 0.5) is 10.1 Å². The molecule has 0 fully saturated rings. The summed E-state index contributed by atoms with van der Waals surface area (Å²) in [6.07, 6.45) is 0. The normalized spacial score (nSPS) is 10.4. The number of carboxylic acids is 1. The SMILES string of the molecule is O=C(O)c1ccccc1Sc1cc(F)c(I)cc1[N+](=O)[O-]. The third-order valence-corrected chi connectivity index (χ3v) is 4.49. The molecule has 0 heterocycles. The van der Waals surface area contributed by atoms with Crippen molar-refractivity contribution in [3.05, 3.63) is 61.5 Å². The number of hydrogen-bond donors (Lipinski definition) is 1. The van der Waals surface area contributed by atoms with E-state index in [1.807, 2.05) is 0 Å². The zero-order valence-electron chi connectivity index (χ0n) is 10.2. The number of nitro benzene ring substituents is 1. The van der Waals surface area contributed by atoms with Gasteiger partial charge in [-0.25, -0.2) is 9.18 Å². The number of halogens is 2. The molecular formula is C13H7FINO4S. The monoisotopic (exact) mass is 419 g/mol. The Bertz CT molecular complexity index is 738. The van der Waals surface area contributed by atoms with Crippen molar-refractivity contribution in [2.24, 2.45) is 0 Å². The Morgan fingerprint density at radius 3 is 2.57 bits per heavy atom. The van der Waals surface area contributed by atoms with Gasteiger partial charge in [0.2, 0.25) is 0 Å². The Morgan fingerprint density at radius 1 is 1.29 bits per heavy atom. The maximum absolute atomic E-state index is 13.6. The quantitative estimate of drug-likeness (QED) is 0.457. The lowest BCUT2D eigenvalue weighted by Crippen LogP contribution is -1.99. The van der Waals surface area contributed by atoms with Crippen molar-refractivity contribution in [1.82, 2.24) is 0 Å². The molecule has 0 aromatic heterocycles. The second kappa shape index (κ2) is 6.39. The minimum Gasteiger partial charge on any atom is -0.478 e. The Hall–Kier alpha value is -1.68. The van der Waals surface area contributed by atoms with Gasteiger partial charge in [0.05, 0.1) is 19.0 Å². The molecule has 0 aliphatic heterocycles. The van der Waals surface area contributed by atoms with Crippen LogP contribution in [0, 0.1) is 19.5 Å². The molecule has 0 aliphatic rings. The fourth-order valence-corrected chi connectivity index (χ4v) is 3.09. The molecule has 0 unspecified atom stereocenters. The fourth-order valence-electron chi connectivity index (χ4n) is 1.59. The number of hydrogen-bond acceptors (Lipinski definition) is 4. The topological polar surface area (TPSA) is 80.4 Å². The summed E-state index contributed by atoms with van der Waals surface area (Å²) in [5.41, 5.74) is -0.248. The van der Waals surface area contributed by atoms with Gasteiger partial charge in [-0.15, -0.1) is 0 Å². The van der Waals surface area contributed by atoms with Crippen molar-refractivity contribution in [1.29, 1.82) is 0 Å². The second-order valence-electron chi connectivity index (χ2n) is 3.89. The summed E-state index contributed by atoms with van der Waals surface area (Å²) >= 11 is 2.52. The van der Waals surface area contributed by atoms with E-state index in [2.05, 4.69) is 0 Å². The van der Waals surface area contributed by atoms with Gasteiger partial charge in [-0.1, -0.05) is 23.9 Å². The predicted octanol–water partition coefficient (Wildman–Crippen LogP) is 4.19. The summed E-state index contributed by atoms with van der Waals surface area (Å²) in [6.45, 7) is 0. The van der Waals surface area contributed by atoms with Crippen LogP contribution in [-0.4, -0.2) is 16.0 Å². The molecule has 21 heavy (non-hydrogen) atoms. The highest BCUT2D eigenvalue weighted by molar-refractivity contribution is 14.1. The molecule has 0 radical (unpaired) electrons. The van der Waals surface area contributed by atoms with Crippen molar-refractivity contribution in [3.63, 3.8) is 0 Å². The Morgan fingerprint density at radius 2 is 1.95 bits per heavy atom. The average molecular weight is 419 g/mol. The Kier molecular flexibility index (Phi) is 4.78. The Labute approximate surface area is 136 Å². The van der Waals surface area contributed by atoms with Crippen LogP contribution in [0.3, 0.4) is 0 Å². The molecule has 0 aliphatic carbocycles. The van der Waals surface area contributed by atoms with Crippen LogP contribution < -0.4 is 0 Å². The fraction of sp³-hybridized carbons (Fsp3) is 0. The molecule has 0 saturated carbocycles. The summed E-state index contributed by atoms with van der Waals surface area (Å²) in [6, 6.07) is 8.25. The van der Waals surface area contributed by atoms with E-state index in [1.165, 1.54) is 12.1 Å². The summed E-state index contributed by atoms with van der Waals surface area (Å²) in [5, 5.41) is 20.1. The van der Waals surface area contributed by atoms with E-state index in [0.717, 1.165) is 23.9 Å². The van der Waals surface area contributed by atoms with Gasteiger partial charge < -0.3 is 5.11 Å². The third kappa shape index (κ3) is 3.50. The standard InChI is InChI=1S/C13H7FINO4S/c14-8-5-12(10(16(19)20)6-9(8)15)21-11-4-2-1-3-7(11)13(17)18/h1-6H,(H,17,18). The van der Waals surface area contributed by atoms with Crippen molar-refractivity contribution in [2.75, 3.05) is 0 Å². The number of rotatable bonds is 4. The molecule has 108 valence electrons. The van der Waals surface area contributed by atoms with Crippen LogP contribution in [0.1, 0.15) is 10.4 Å². The van der Waals surface area contributed by atoms with Gasteiger partial charge in [0.15, 0.2) is 0 Å². The highest BCUT2D eigenvalue weighted by Crippen LogP contribution is 2.38. The van der Waals surface area contributed by atoms with Gasteiger partial charge in [0.1, 0.15) is 5.82 Å². The van der Waals surface area contributed by atoms with Gasteiger partial charge in [0.25, 0.3) is 5.69 Å². The zero-order chi connectivity index (χ0) is 15.6. The highest BCUT2D eigenvalue weighted by atomic mass is 127.